The Morgan fingerprint density at radius 3 is 2.36 bits per heavy atom. The van der Waals surface area contributed by atoms with Crippen molar-refractivity contribution in [1.82, 2.24) is 4.90 Å². The Morgan fingerprint density at radius 1 is 1.08 bits per heavy atom. The minimum absolute atomic E-state index is 0.108. The summed E-state index contributed by atoms with van der Waals surface area (Å²) in [5.41, 5.74) is 1.38. The SMILES string of the molecule is O=C(Nc1ccc(Cl)cc1)[C@@H]1CCCN1C(=S)Nc1ccc(F)cc1. The largest absolute Gasteiger partial charge is 0.337 e. The zero-order valence-corrected chi connectivity index (χ0v) is 14.9. The average Bonchev–Trinajstić information content (AvgIpc) is 3.09. The van der Waals surface area contributed by atoms with Crippen LogP contribution in [0.15, 0.2) is 48.5 Å². The van der Waals surface area contributed by atoms with Gasteiger partial charge in [-0.2, -0.15) is 0 Å². The van der Waals surface area contributed by atoms with Gasteiger partial charge >= 0.3 is 0 Å². The molecule has 0 aromatic heterocycles. The van der Waals surface area contributed by atoms with E-state index in [9.17, 15) is 9.18 Å². The number of thiocarbonyl (C=S) groups is 1. The topological polar surface area (TPSA) is 44.4 Å². The van der Waals surface area contributed by atoms with E-state index in [2.05, 4.69) is 10.6 Å². The van der Waals surface area contributed by atoms with Crippen LogP contribution in [0.5, 0.6) is 0 Å². The minimum atomic E-state index is -0.337. The number of hydrogen-bond donors (Lipinski definition) is 2. The lowest BCUT2D eigenvalue weighted by Gasteiger charge is -2.26. The van der Waals surface area contributed by atoms with Gasteiger partial charge in [0.2, 0.25) is 5.91 Å². The first-order valence-electron chi connectivity index (χ1n) is 7.92. The van der Waals surface area contributed by atoms with Crippen molar-refractivity contribution in [1.29, 1.82) is 0 Å². The zero-order chi connectivity index (χ0) is 17.8. The van der Waals surface area contributed by atoms with Gasteiger partial charge in [0.05, 0.1) is 0 Å². The maximum atomic E-state index is 13.0. The number of nitrogens with zero attached hydrogens (tertiary/aromatic N) is 1. The van der Waals surface area contributed by atoms with Crippen molar-refractivity contribution < 1.29 is 9.18 Å². The third kappa shape index (κ3) is 4.46. The Labute approximate surface area is 156 Å². The van der Waals surface area contributed by atoms with Gasteiger partial charge in [0.1, 0.15) is 11.9 Å². The number of carbonyl (C=O) groups excluding carboxylic acids is 1. The number of likely N-dealkylation sites (tertiary alicyclic amines) is 1. The quantitative estimate of drug-likeness (QED) is 0.784. The smallest absolute Gasteiger partial charge is 0.247 e. The molecule has 2 N–H and O–H groups in total. The van der Waals surface area contributed by atoms with Gasteiger partial charge < -0.3 is 15.5 Å². The summed E-state index contributed by atoms with van der Waals surface area (Å²) in [6, 6.07) is 12.6. The fraction of sp³-hybridized carbons (Fsp3) is 0.222. The van der Waals surface area contributed by atoms with E-state index in [-0.39, 0.29) is 17.8 Å². The predicted octanol–water partition coefficient (Wildman–Crippen LogP) is 4.28. The van der Waals surface area contributed by atoms with Crippen LogP contribution in [0.2, 0.25) is 5.02 Å². The third-order valence-electron chi connectivity index (χ3n) is 4.02. The normalized spacial score (nSPS) is 16.6. The molecule has 0 aliphatic carbocycles. The lowest BCUT2D eigenvalue weighted by Crippen LogP contribution is -2.45. The van der Waals surface area contributed by atoms with Gasteiger partial charge in [0.25, 0.3) is 0 Å². The van der Waals surface area contributed by atoms with Gasteiger partial charge in [-0.3, -0.25) is 4.79 Å². The molecule has 1 heterocycles. The highest BCUT2D eigenvalue weighted by Gasteiger charge is 2.32. The molecule has 1 aliphatic heterocycles. The number of hydrogen-bond acceptors (Lipinski definition) is 2. The van der Waals surface area contributed by atoms with Crippen molar-refractivity contribution in [2.75, 3.05) is 17.2 Å². The standard InChI is InChI=1S/C18H17ClFN3OS/c19-12-3-7-14(8-4-12)21-17(24)16-2-1-11-23(16)18(25)22-15-9-5-13(20)6-10-15/h3-10,16H,1-2,11H2,(H,21,24)(H,22,25)/t16-/m0/s1. The highest BCUT2D eigenvalue weighted by atomic mass is 35.5. The van der Waals surface area contributed by atoms with Crippen molar-refractivity contribution in [2.24, 2.45) is 0 Å². The molecule has 2 aromatic rings. The van der Waals surface area contributed by atoms with Crippen LogP contribution in [0.25, 0.3) is 0 Å². The van der Waals surface area contributed by atoms with Crippen LogP contribution >= 0.6 is 23.8 Å². The Balaban J connectivity index is 1.64. The van der Waals surface area contributed by atoms with Crippen LogP contribution < -0.4 is 10.6 Å². The molecule has 130 valence electrons. The van der Waals surface area contributed by atoms with Crippen LogP contribution in [0, 0.1) is 5.82 Å². The van der Waals surface area contributed by atoms with Crippen molar-refractivity contribution in [2.45, 2.75) is 18.9 Å². The molecule has 0 bridgehead atoms. The van der Waals surface area contributed by atoms with Gasteiger partial charge in [0, 0.05) is 22.9 Å². The van der Waals surface area contributed by atoms with E-state index < -0.39 is 0 Å². The zero-order valence-electron chi connectivity index (χ0n) is 13.3. The van der Waals surface area contributed by atoms with Crippen molar-refractivity contribution in [3.63, 3.8) is 0 Å². The second kappa shape index (κ2) is 7.80. The molecule has 1 fully saturated rings. The van der Waals surface area contributed by atoms with E-state index in [1.807, 2.05) is 4.90 Å². The number of carbonyl (C=O) groups is 1. The summed E-state index contributed by atoms with van der Waals surface area (Å²) in [5.74, 6) is -0.416. The summed E-state index contributed by atoms with van der Waals surface area (Å²) in [6.45, 7) is 0.700. The molecule has 3 rings (SSSR count). The number of halogens is 2. The lowest BCUT2D eigenvalue weighted by molar-refractivity contribution is -0.119. The molecule has 1 atom stereocenters. The molecule has 0 radical (unpaired) electrons. The third-order valence-corrected chi connectivity index (χ3v) is 4.61. The first-order valence-corrected chi connectivity index (χ1v) is 8.71. The lowest BCUT2D eigenvalue weighted by atomic mass is 10.2. The van der Waals surface area contributed by atoms with Crippen molar-refractivity contribution in [3.8, 4) is 0 Å². The molecule has 1 saturated heterocycles. The molecule has 7 heteroatoms. The summed E-state index contributed by atoms with van der Waals surface area (Å²) in [5, 5.41) is 7.03. The van der Waals surface area contributed by atoms with Crippen LogP contribution in [0.3, 0.4) is 0 Å². The molecule has 0 unspecified atom stereocenters. The summed E-state index contributed by atoms with van der Waals surface area (Å²) < 4.78 is 13.0. The molecule has 25 heavy (non-hydrogen) atoms. The fourth-order valence-electron chi connectivity index (χ4n) is 2.77. The van der Waals surface area contributed by atoms with Crippen LogP contribution in [0.1, 0.15) is 12.8 Å². The Hall–Kier alpha value is -2.18. The Kier molecular flexibility index (Phi) is 5.50. The maximum absolute atomic E-state index is 13.0. The van der Waals surface area contributed by atoms with Gasteiger partial charge in [-0.25, -0.2) is 4.39 Å². The monoisotopic (exact) mass is 377 g/mol. The van der Waals surface area contributed by atoms with Gasteiger partial charge in [-0.1, -0.05) is 11.6 Å². The van der Waals surface area contributed by atoms with Gasteiger partial charge in [-0.05, 0) is 73.6 Å². The number of benzene rings is 2. The highest BCUT2D eigenvalue weighted by Crippen LogP contribution is 2.22. The highest BCUT2D eigenvalue weighted by molar-refractivity contribution is 7.80. The van der Waals surface area contributed by atoms with Crippen molar-refractivity contribution >= 4 is 46.2 Å². The van der Waals surface area contributed by atoms with E-state index in [0.717, 1.165) is 12.8 Å². The number of amides is 1. The minimum Gasteiger partial charge on any atom is -0.337 e. The van der Waals surface area contributed by atoms with Crippen LogP contribution in [-0.4, -0.2) is 28.5 Å². The van der Waals surface area contributed by atoms with Gasteiger partial charge in [-0.15, -0.1) is 0 Å². The van der Waals surface area contributed by atoms with E-state index in [0.29, 0.717) is 28.1 Å². The Morgan fingerprint density at radius 2 is 1.68 bits per heavy atom. The van der Waals surface area contributed by atoms with Crippen LogP contribution in [0.4, 0.5) is 15.8 Å². The molecule has 0 saturated carbocycles. The van der Waals surface area contributed by atoms with E-state index in [1.165, 1.54) is 12.1 Å². The summed E-state index contributed by atoms with van der Waals surface area (Å²) in [6.07, 6.45) is 1.61. The van der Waals surface area contributed by atoms with E-state index in [1.54, 1.807) is 36.4 Å². The first kappa shape index (κ1) is 17.6. The second-order valence-electron chi connectivity index (χ2n) is 5.78. The first-order chi connectivity index (χ1) is 12.0. The summed E-state index contributed by atoms with van der Waals surface area (Å²) in [7, 11) is 0. The number of nitrogens with one attached hydrogen (secondary N) is 2. The van der Waals surface area contributed by atoms with Gasteiger partial charge in [0.15, 0.2) is 5.11 Å². The maximum Gasteiger partial charge on any atom is 0.247 e. The summed E-state index contributed by atoms with van der Waals surface area (Å²) in [4.78, 5) is 14.5. The summed E-state index contributed by atoms with van der Waals surface area (Å²) >= 11 is 11.3. The molecule has 4 nitrogen and oxygen atoms in total. The predicted molar refractivity (Wildman–Crippen MR) is 102 cm³/mol. The molecular weight excluding hydrogens is 361 g/mol. The molecular formula is C18H17ClFN3OS. The van der Waals surface area contributed by atoms with E-state index >= 15 is 0 Å². The number of rotatable bonds is 3. The van der Waals surface area contributed by atoms with Crippen molar-refractivity contribution in [3.05, 3.63) is 59.4 Å². The molecule has 2 aromatic carbocycles. The molecule has 0 spiro atoms. The Bertz CT molecular complexity index is 701. The van der Waals surface area contributed by atoms with E-state index in [4.69, 9.17) is 23.8 Å². The molecule has 1 aliphatic rings. The average molecular weight is 378 g/mol. The van der Waals surface area contributed by atoms with Crippen LogP contribution in [-0.2, 0) is 4.79 Å². The fourth-order valence-corrected chi connectivity index (χ4v) is 3.23. The number of anilines is 2. The molecule has 1 amide bonds. The second-order valence-corrected chi connectivity index (χ2v) is 6.61.